The molecule has 26 heavy (non-hydrogen) atoms. The van der Waals surface area contributed by atoms with Crippen molar-refractivity contribution in [2.75, 3.05) is 0 Å². The van der Waals surface area contributed by atoms with Crippen LogP contribution < -0.4 is 4.74 Å². The van der Waals surface area contributed by atoms with E-state index in [0.29, 0.717) is 17.7 Å². The first-order valence-corrected chi connectivity index (χ1v) is 10.4. The number of unbranched alkanes of at least 4 members (excludes halogenated alkanes) is 9. The van der Waals surface area contributed by atoms with E-state index in [0.717, 1.165) is 12.8 Å². The third-order valence-corrected chi connectivity index (χ3v) is 4.63. The lowest BCUT2D eigenvalue weighted by Gasteiger charge is -2.07. The monoisotopic (exact) mass is 360 g/mol. The van der Waals surface area contributed by atoms with Gasteiger partial charge in [-0.15, -0.1) is 0 Å². The quantitative estimate of drug-likeness (QED) is 0.160. The predicted octanol–water partition coefficient (Wildman–Crippen LogP) is 6.74. The van der Waals surface area contributed by atoms with Crippen LogP contribution in [-0.4, -0.2) is 11.8 Å². The van der Waals surface area contributed by atoms with Gasteiger partial charge in [0, 0.05) is 17.9 Å². The van der Waals surface area contributed by atoms with Gasteiger partial charge in [0.1, 0.15) is 5.75 Å². The van der Waals surface area contributed by atoms with E-state index >= 15 is 0 Å². The van der Waals surface area contributed by atoms with Crippen LogP contribution in [0.25, 0.3) is 0 Å². The van der Waals surface area contributed by atoms with Crippen LogP contribution in [0.1, 0.15) is 102 Å². The van der Waals surface area contributed by atoms with Gasteiger partial charge in [-0.3, -0.25) is 9.59 Å². The summed E-state index contributed by atoms with van der Waals surface area (Å²) in [6.07, 6.45) is 13.0. The van der Waals surface area contributed by atoms with Crippen LogP contribution in [0, 0.1) is 5.92 Å². The number of carbonyl (C=O) groups excluding carboxylic acids is 2. The number of ketones is 1. The number of hydrogen-bond donors (Lipinski definition) is 0. The van der Waals surface area contributed by atoms with Gasteiger partial charge in [0.15, 0.2) is 5.78 Å². The second kappa shape index (κ2) is 13.5. The van der Waals surface area contributed by atoms with Crippen LogP contribution in [-0.2, 0) is 4.79 Å². The molecule has 1 aromatic carbocycles. The van der Waals surface area contributed by atoms with E-state index in [1.807, 2.05) is 13.8 Å². The summed E-state index contributed by atoms with van der Waals surface area (Å²) >= 11 is 0. The fourth-order valence-electron chi connectivity index (χ4n) is 2.96. The van der Waals surface area contributed by atoms with Crippen molar-refractivity contribution < 1.29 is 14.3 Å². The molecule has 0 aromatic heterocycles. The Morgan fingerprint density at radius 3 is 1.81 bits per heavy atom. The van der Waals surface area contributed by atoms with Gasteiger partial charge in [-0.05, 0) is 30.7 Å². The summed E-state index contributed by atoms with van der Waals surface area (Å²) in [5, 5.41) is 0. The van der Waals surface area contributed by atoms with Crippen molar-refractivity contribution in [2.24, 2.45) is 5.92 Å². The molecule has 0 unspecified atom stereocenters. The molecule has 0 aliphatic carbocycles. The average molecular weight is 361 g/mol. The number of hydrogen-bond acceptors (Lipinski definition) is 3. The molecule has 0 fully saturated rings. The Morgan fingerprint density at radius 1 is 0.808 bits per heavy atom. The highest BCUT2D eigenvalue weighted by Crippen LogP contribution is 2.16. The second-order valence-corrected chi connectivity index (χ2v) is 7.45. The summed E-state index contributed by atoms with van der Waals surface area (Å²) in [6.45, 7) is 6.00. The first-order chi connectivity index (χ1) is 12.5. The number of esters is 1. The zero-order valence-electron chi connectivity index (χ0n) is 16.9. The smallest absolute Gasteiger partial charge is 0.311 e. The molecule has 0 aliphatic rings. The van der Waals surface area contributed by atoms with Crippen molar-refractivity contribution in [1.82, 2.24) is 0 Å². The highest BCUT2D eigenvalue weighted by molar-refractivity contribution is 5.97. The summed E-state index contributed by atoms with van der Waals surface area (Å²) in [5.41, 5.74) is 0.662. The fourth-order valence-corrected chi connectivity index (χ4v) is 2.96. The van der Waals surface area contributed by atoms with Gasteiger partial charge in [-0.25, -0.2) is 0 Å². The second-order valence-electron chi connectivity index (χ2n) is 7.45. The third-order valence-electron chi connectivity index (χ3n) is 4.63. The first-order valence-electron chi connectivity index (χ1n) is 10.4. The minimum Gasteiger partial charge on any atom is -0.427 e. The zero-order chi connectivity index (χ0) is 19.2. The SMILES string of the molecule is CCCCCCCCCCCCC(=O)Oc1ccc(C(=O)C(C)C)cc1. The molecule has 3 nitrogen and oxygen atoms in total. The Balaban J connectivity index is 2.10. The number of carbonyl (C=O) groups is 2. The number of ether oxygens (including phenoxy) is 1. The largest absolute Gasteiger partial charge is 0.427 e. The van der Waals surface area contributed by atoms with Gasteiger partial charge >= 0.3 is 5.97 Å². The molecule has 0 bridgehead atoms. The maximum atomic E-state index is 11.9. The van der Waals surface area contributed by atoms with Gasteiger partial charge in [0.05, 0.1) is 0 Å². The minimum atomic E-state index is -0.187. The van der Waals surface area contributed by atoms with E-state index in [2.05, 4.69) is 6.92 Å². The normalized spacial score (nSPS) is 10.9. The van der Waals surface area contributed by atoms with Crippen LogP contribution >= 0.6 is 0 Å². The van der Waals surface area contributed by atoms with Crippen molar-refractivity contribution in [3.63, 3.8) is 0 Å². The number of Topliss-reactive ketones (excluding diaryl/α,β-unsaturated/α-hetero) is 1. The summed E-state index contributed by atoms with van der Waals surface area (Å²) in [4.78, 5) is 23.8. The van der Waals surface area contributed by atoms with E-state index in [-0.39, 0.29) is 17.7 Å². The standard InChI is InChI=1S/C23H36O3/c1-4-5-6-7-8-9-10-11-12-13-14-22(24)26-21-17-15-20(16-18-21)23(25)19(2)3/h15-19H,4-14H2,1-3H3. The molecule has 0 radical (unpaired) electrons. The average Bonchev–Trinajstić information content (AvgIpc) is 2.63. The van der Waals surface area contributed by atoms with Crippen molar-refractivity contribution >= 4 is 11.8 Å². The number of benzene rings is 1. The summed E-state index contributed by atoms with van der Waals surface area (Å²) in [5.74, 6) is 0.405. The fraction of sp³-hybridized carbons (Fsp3) is 0.652. The maximum Gasteiger partial charge on any atom is 0.311 e. The third kappa shape index (κ3) is 9.74. The molecule has 0 saturated carbocycles. The molecule has 0 amide bonds. The Morgan fingerprint density at radius 2 is 1.31 bits per heavy atom. The lowest BCUT2D eigenvalue weighted by molar-refractivity contribution is -0.134. The molecule has 146 valence electrons. The highest BCUT2D eigenvalue weighted by Gasteiger charge is 2.11. The Bertz CT molecular complexity index is 517. The molecule has 0 spiro atoms. The van der Waals surface area contributed by atoms with Crippen LogP contribution in [0.2, 0.25) is 0 Å². The Hall–Kier alpha value is -1.64. The summed E-state index contributed by atoms with van der Waals surface area (Å²) < 4.78 is 5.34. The maximum absolute atomic E-state index is 11.9. The van der Waals surface area contributed by atoms with Crippen LogP contribution in [0.15, 0.2) is 24.3 Å². The topological polar surface area (TPSA) is 43.4 Å². The van der Waals surface area contributed by atoms with E-state index < -0.39 is 0 Å². The Labute approximate surface area is 159 Å². The molecule has 0 heterocycles. The van der Waals surface area contributed by atoms with Gasteiger partial charge in [-0.2, -0.15) is 0 Å². The molecule has 1 aromatic rings. The molecule has 0 saturated heterocycles. The van der Waals surface area contributed by atoms with Crippen molar-refractivity contribution in [3.8, 4) is 5.75 Å². The predicted molar refractivity (Wildman–Crippen MR) is 108 cm³/mol. The molecule has 1 rings (SSSR count). The molecular weight excluding hydrogens is 324 g/mol. The number of rotatable bonds is 14. The van der Waals surface area contributed by atoms with E-state index in [1.54, 1.807) is 24.3 Å². The van der Waals surface area contributed by atoms with Gasteiger partial charge in [-0.1, -0.05) is 78.6 Å². The molecule has 3 heteroatoms. The van der Waals surface area contributed by atoms with Crippen LogP contribution in [0.3, 0.4) is 0 Å². The van der Waals surface area contributed by atoms with Gasteiger partial charge in [0.25, 0.3) is 0 Å². The van der Waals surface area contributed by atoms with Crippen LogP contribution in [0.5, 0.6) is 5.75 Å². The van der Waals surface area contributed by atoms with Crippen molar-refractivity contribution in [2.45, 2.75) is 91.4 Å². The van der Waals surface area contributed by atoms with E-state index in [1.165, 1.54) is 51.4 Å². The summed E-state index contributed by atoms with van der Waals surface area (Å²) in [7, 11) is 0. The lowest BCUT2D eigenvalue weighted by atomic mass is 10.0. The highest BCUT2D eigenvalue weighted by atomic mass is 16.5. The van der Waals surface area contributed by atoms with Crippen molar-refractivity contribution in [3.05, 3.63) is 29.8 Å². The van der Waals surface area contributed by atoms with Crippen LogP contribution in [0.4, 0.5) is 0 Å². The Kier molecular flexibility index (Phi) is 11.7. The van der Waals surface area contributed by atoms with Gasteiger partial charge < -0.3 is 4.74 Å². The molecule has 0 atom stereocenters. The molecular formula is C23H36O3. The summed E-state index contributed by atoms with van der Waals surface area (Å²) in [6, 6.07) is 6.86. The van der Waals surface area contributed by atoms with E-state index in [9.17, 15) is 9.59 Å². The molecule has 0 N–H and O–H groups in total. The van der Waals surface area contributed by atoms with Gasteiger partial charge in [0.2, 0.25) is 0 Å². The first kappa shape index (κ1) is 22.4. The zero-order valence-corrected chi connectivity index (χ0v) is 16.9. The lowest BCUT2D eigenvalue weighted by Crippen LogP contribution is -2.09. The minimum absolute atomic E-state index is 0.0280. The molecule has 0 aliphatic heterocycles. The van der Waals surface area contributed by atoms with E-state index in [4.69, 9.17) is 4.74 Å². The van der Waals surface area contributed by atoms with Crippen molar-refractivity contribution in [1.29, 1.82) is 0 Å².